The molecule has 2 amide bonds. The molecule has 7 nitrogen and oxygen atoms in total. The average Bonchev–Trinajstić information content (AvgIpc) is 2.52. The lowest BCUT2D eigenvalue weighted by Gasteiger charge is -2.21. The van der Waals surface area contributed by atoms with Crippen molar-refractivity contribution < 1.29 is 19.1 Å². The lowest BCUT2D eigenvalue weighted by atomic mass is 10.2. The second-order valence-electron chi connectivity index (χ2n) is 4.29. The smallest absolute Gasteiger partial charge is 0.325 e. The Hall–Kier alpha value is -2.41. The highest BCUT2D eigenvalue weighted by Crippen LogP contribution is 2.05. The highest BCUT2D eigenvalue weighted by Gasteiger charge is 2.18. The summed E-state index contributed by atoms with van der Waals surface area (Å²) < 4.78 is 4.58. The van der Waals surface area contributed by atoms with Gasteiger partial charge < -0.3 is 20.7 Å². The molecule has 0 heterocycles. The fourth-order valence-electron chi connectivity index (χ4n) is 1.61. The largest absolute Gasteiger partial charge is 0.468 e. The van der Waals surface area contributed by atoms with Gasteiger partial charge >= 0.3 is 5.97 Å². The van der Waals surface area contributed by atoms with Crippen molar-refractivity contribution in [2.75, 3.05) is 26.7 Å². The number of amides is 2. The first-order valence-electron chi connectivity index (χ1n) is 6.42. The van der Waals surface area contributed by atoms with Crippen LogP contribution in [0.25, 0.3) is 0 Å². The second-order valence-corrected chi connectivity index (χ2v) is 4.29. The number of nitrogens with zero attached hydrogens (tertiary/aromatic N) is 1. The van der Waals surface area contributed by atoms with Crippen LogP contribution in [0.5, 0.6) is 0 Å². The number of hydrogen-bond acceptors (Lipinski definition) is 5. The van der Waals surface area contributed by atoms with E-state index in [0.29, 0.717) is 0 Å². The molecule has 3 N–H and O–H groups in total. The molecule has 0 atom stereocenters. The fraction of sp³-hybridized carbons (Fsp3) is 0.357. The van der Waals surface area contributed by atoms with E-state index in [0.717, 1.165) is 5.56 Å². The number of rotatable bonds is 7. The Labute approximate surface area is 123 Å². The molecule has 0 aromatic heterocycles. The van der Waals surface area contributed by atoms with Crippen LogP contribution in [0, 0.1) is 0 Å². The summed E-state index contributed by atoms with van der Waals surface area (Å²) in [6.07, 6.45) is 0. The summed E-state index contributed by atoms with van der Waals surface area (Å²) in [6.45, 7) is -0.321. The zero-order valence-corrected chi connectivity index (χ0v) is 11.9. The molecule has 0 aliphatic heterocycles. The normalized spacial score (nSPS) is 9.81. The van der Waals surface area contributed by atoms with Crippen molar-refractivity contribution in [1.29, 1.82) is 0 Å². The van der Waals surface area contributed by atoms with Crippen LogP contribution in [-0.2, 0) is 25.7 Å². The first-order chi connectivity index (χ1) is 10.1. The van der Waals surface area contributed by atoms with Crippen LogP contribution < -0.4 is 11.1 Å². The summed E-state index contributed by atoms with van der Waals surface area (Å²) in [6, 6.07) is 9.22. The monoisotopic (exact) mass is 293 g/mol. The maximum absolute atomic E-state index is 12.1. The SMILES string of the molecule is COC(=O)CN(Cc1ccccc1)C(=O)CNC(=O)CN. The molecule has 0 fully saturated rings. The van der Waals surface area contributed by atoms with E-state index in [1.807, 2.05) is 30.3 Å². The van der Waals surface area contributed by atoms with E-state index < -0.39 is 11.9 Å². The topological polar surface area (TPSA) is 102 Å². The molecule has 1 aromatic carbocycles. The molecule has 0 bridgehead atoms. The van der Waals surface area contributed by atoms with E-state index in [1.54, 1.807) is 0 Å². The van der Waals surface area contributed by atoms with Crippen molar-refractivity contribution in [2.45, 2.75) is 6.54 Å². The van der Waals surface area contributed by atoms with Crippen LogP contribution in [-0.4, -0.2) is 49.4 Å². The Bertz CT molecular complexity index is 490. The Morgan fingerprint density at radius 1 is 1.24 bits per heavy atom. The summed E-state index contributed by atoms with van der Waals surface area (Å²) in [4.78, 5) is 35.9. The predicted octanol–water partition coefficient (Wildman–Crippen LogP) is -0.737. The van der Waals surface area contributed by atoms with E-state index in [1.165, 1.54) is 12.0 Å². The molecule has 0 saturated heterocycles. The number of benzene rings is 1. The molecule has 0 radical (unpaired) electrons. The lowest BCUT2D eigenvalue weighted by molar-refractivity contribution is -0.147. The quantitative estimate of drug-likeness (QED) is 0.645. The number of nitrogens with one attached hydrogen (secondary N) is 1. The van der Waals surface area contributed by atoms with E-state index in [9.17, 15) is 14.4 Å². The number of carbonyl (C=O) groups excluding carboxylic acids is 3. The zero-order valence-electron chi connectivity index (χ0n) is 11.9. The molecule has 7 heteroatoms. The van der Waals surface area contributed by atoms with Crippen LogP contribution in [0.1, 0.15) is 5.56 Å². The number of methoxy groups -OCH3 is 1. The van der Waals surface area contributed by atoms with Gasteiger partial charge in [0, 0.05) is 6.54 Å². The minimum absolute atomic E-state index is 0.178. The molecular formula is C14H19N3O4. The summed E-state index contributed by atoms with van der Waals surface area (Å²) >= 11 is 0. The van der Waals surface area contributed by atoms with Crippen LogP contribution in [0.2, 0.25) is 0 Å². The van der Waals surface area contributed by atoms with Gasteiger partial charge in [0.2, 0.25) is 11.8 Å². The van der Waals surface area contributed by atoms with Gasteiger partial charge in [0.05, 0.1) is 20.2 Å². The molecular weight excluding hydrogens is 274 g/mol. The Morgan fingerprint density at radius 2 is 1.90 bits per heavy atom. The van der Waals surface area contributed by atoms with Crippen molar-refractivity contribution in [3.05, 3.63) is 35.9 Å². The molecule has 0 unspecified atom stereocenters. The minimum Gasteiger partial charge on any atom is -0.468 e. The van der Waals surface area contributed by atoms with Crippen LogP contribution in [0.3, 0.4) is 0 Å². The van der Waals surface area contributed by atoms with Crippen LogP contribution >= 0.6 is 0 Å². The maximum atomic E-state index is 12.1. The summed E-state index contributed by atoms with van der Waals surface area (Å²) in [5.41, 5.74) is 6.02. The van der Waals surface area contributed by atoms with Crippen molar-refractivity contribution in [1.82, 2.24) is 10.2 Å². The first kappa shape index (κ1) is 16.6. The highest BCUT2D eigenvalue weighted by molar-refractivity contribution is 5.87. The van der Waals surface area contributed by atoms with Gasteiger partial charge in [-0.15, -0.1) is 0 Å². The van der Waals surface area contributed by atoms with Crippen LogP contribution in [0.4, 0.5) is 0 Å². The molecule has 114 valence electrons. The van der Waals surface area contributed by atoms with Gasteiger partial charge in [0.15, 0.2) is 0 Å². The molecule has 0 aliphatic rings. The van der Waals surface area contributed by atoms with Crippen molar-refractivity contribution >= 4 is 17.8 Å². The highest BCUT2D eigenvalue weighted by atomic mass is 16.5. The minimum atomic E-state index is -0.524. The van der Waals surface area contributed by atoms with Crippen molar-refractivity contribution in [3.63, 3.8) is 0 Å². The van der Waals surface area contributed by atoms with Gasteiger partial charge in [-0.05, 0) is 5.56 Å². The molecule has 1 rings (SSSR count). The number of carbonyl (C=O) groups is 3. The number of ether oxygens (including phenoxy) is 1. The Balaban J connectivity index is 2.69. The number of hydrogen-bond donors (Lipinski definition) is 2. The predicted molar refractivity (Wildman–Crippen MR) is 75.9 cm³/mol. The maximum Gasteiger partial charge on any atom is 0.325 e. The van der Waals surface area contributed by atoms with E-state index >= 15 is 0 Å². The average molecular weight is 293 g/mol. The number of esters is 1. The molecule has 1 aromatic rings. The second kappa shape index (κ2) is 8.70. The van der Waals surface area contributed by atoms with Gasteiger partial charge in [-0.3, -0.25) is 14.4 Å². The summed E-state index contributed by atoms with van der Waals surface area (Å²) in [5.74, 6) is -1.34. The van der Waals surface area contributed by atoms with E-state index in [4.69, 9.17) is 5.73 Å². The number of nitrogens with two attached hydrogens (primary N) is 1. The van der Waals surface area contributed by atoms with Gasteiger partial charge in [-0.25, -0.2) is 0 Å². The molecule has 21 heavy (non-hydrogen) atoms. The Kier molecular flexibility index (Phi) is 6.90. The third-order valence-corrected chi connectivity index (χ3v) is 2.74. The standard InChI is InChI=1S/C14H19N3O4/c1-21-14(20)10-17(9-11-5-3-2-4-6-11)13(19)8-16-12(18)7-15/h2-6H,7-10,15H2,1H3,(H,16,18). The van der Waals surface area contributed by atoms with Gasteiger partial charge in [-0.2, -0.15) is 0 Å². The van der Waals surface area contributed by atoms with Crippen molar-refractivity contribution in [3.8, 4) is 0 Å². The zero-order chi connectivity index (χ0) is 15.7. The van der Waals surface area contributed by atoms with Crippen LogP contribution in [0.15, 0.2) is 30.3 Å². The van der Waals surface area contributed by atoms with E-state index in [2.05, 4.69) is 10.1 Å². The molecule has 0 saturated carbocycles. The van der Waals surface area contributed by atoms with Crippen molar-refractivity contribution in [2.24, 2.45) is 5.73 Å². The molecule has 0 spiro atoms. The van der Waals surface area contributed by atoms with Gasteiger partial charge in [0.1, 0.15) is 6.54 Å². The first-order valence-corrected chi connectivity index (χ1v) is 6.42. The third kappa shape index (κ3) is 6.05. The summed E-state index contributed by atoms with van der Waals surface area (Å²) in [5, 5.41) is 2.38. The van der Waals surface area contributed by atoms with E-state index in [-0.39, 0.29) is 32.1 Å². The summed E-state index contributed by atoms with van der Waals surface area (Å²) in [7, 11) is 1.25. The fourth-order valence-corrected chi connectivity index (χ4v) is 1.61. The lowest BCUT2D eigenvalue weighted by Crippen LogP contribution is -2.43. The molecule has 0 aliphatic carbocycles. The van der Waals surface area contributed by atoms with Gasteiger partial charge in [0.25, 0.3) is 0 Å². The van der Waals surface area contributed by atoms with Gasteiger partial charge in [-0.1, -0.05) is 30.3 Å². The third-order valence-electron chi connectivity index (χ3n) is 2.74. The Morgan fingerprint density at radius 3 is 2.48 bits per heavy atom.